The Bertz CT molecular complexity index is 198. The summed E-state index contributed by atoms with van der Waals surface area (Å²) in [6.07, 6.45) is 5.06. The molecule has 0 saturated heterocycles. The number of aryl methyl sites for hydroxylation is 1. The van der Waals surface area contributed by atoms with Crippen LogP contribution in [-0.4, -0.2) is 9.78 Å². The van der Waals surface area contributed by atoms with Crippen LogP contribution in [0, 0.1) is 6.20 Å². The fourth-order valence-electron chi connectivity index (χ4n) is 0.894. The van der Waals surface area contributed by atoms with E-state index in [-0.39, 0.29) is 0 Å². The molecule has 1 radical (unpaired) electrons. The van der Waals surface area contributed by atoms with Crippen LogP contribution in [-0.2, 0) is 13.5 Å². The van der Waals surface area contributed by atoms with Crippen LogP contribution < -0.4 is 0 Å². The topological polar surface area (TPSA) is 17.8 Å². The first kappa shape index (κ1) is 7.79. The fourth-order valence-corrected chi connectivity index (χ4v) is 1.43. The second-order valence-electron chi connectivity index (χ2n) is 2.25. The maximum Gasteiger partial charge on any atom is 0.128 e. The summed E-state index contributed by atoms with van der Waals surface area (Å²) in [5, 5.41) is 3.98. The minimum atomic E-state index is 0.997. The molecule has 10 heavy (non-hydrogen) atoms. The van der Waals surface area contributed by atoms with Crippen molar-refractivity contribution >= 4 is 15.9 Å². The van der Waals surface area contributed by atoms with Gasteiger partial charge in [-0.2, -0.15) is 5.10 Å². The van der Waals surface area contributed by atoms with Crippen molar-refractivity contribution in [3.8, 4) is 0 Å². The van der Waals surface area contributed by atoms with E-state index < -0.39 is 0 Å². The SMILES string of the molecule is CCCc1c(Br)[c]nn1C. The molecule has 1 aromatic rings. The largest absolute Gasteiger partial charge is 0.271 e. The predicted octanol–water partition coefficient (Wildman–Crippen LogP) is 1.94. The molecule has 0 spiro atoms. The van der Waals surface area contributed by atoms with Crippen LogP contribution in [0.1, 0.15) is 19.0 Å². The summed E-state index contributed by atoms with van der Waals surface area (Å²) in [6.45, 7) is 2.15. The normalized spacial score (nSPS) is 10.3. The van der Waals surface area contributed by atoms with Crippen molar-refractivity contribution in [3.63, 3.8) is 0 Å². The van der Waals surface area contributed by atoms with Crippen LogP contribution in [0.2, 0.25) is 0 Å². The fraction of sp³-hybridized carbons (Fsp3) is 0.571. The second kappa shape index (κ2) is 3.19. The van der Waals surface area contributed by atoms with Gasteiger partial charge >= 0.3 is 0 Å². The van der Waals surface area contributed by atoms with Crippen molar-refractivity contribution in [2.45, 2.75) is 19.8 Å². The van der Waals surface area contributed by atoms with E-state index in [1.54, 1.807) is 0 Å². The van der Waals surface area contributed by atoms with Crippen molar-refractivity contribution in [2.75, 3.05) is 0 Å². The van der Waals surface area contributed by atoms with Gasteiger partial charge in [-0.3, -0.25) is 4.68 Å². The lowest BCUT2D eigenvalue weighted by molar-refractivity contribution is 0.695. The van der Waals surface area contributed by atoms with Gasteiger partial charge in [-0.1, -0.05) is 13.3 Å². The van der Waals surface area contributed by atoms with E-state index in [4.69, 9.17) is 0 Å². The van der Waals surface area contributed by atoms with E-state index in [2.05, 4.69) is 34.1 Å². The van der Waals surface area contributed by atoms with E-state index in [1.807, 2.05) is 11.7 Å². The maximum atomic E-state index is 3.98. The molecule has 0 aromatic carbocycles. The molecule has 2 nitrogen and oxygen atoms in total. The molecule has 0 aliphatic heterocycles. The Kier molecular flexibility index (Phi) is 2.49. The highest BCUT2D eigenvalue weighted by molar-refractivity contribution is 9.10. The van der Waals surface area contributed by atoms with Gasteiger partial charge < -0.3 is 0 Å². The highest BCUT2D eigenvalue weighted by atomic mass is 79.9. The Balaban J connectivity index is 2.87. The third-order valence-electron chi connectivity index (χ3n) is 1.43. The molecule has 55 valence electrons. The number of aromatic nitrogens is 2. The van der Waals surface area contributed by atoms with Gasteiger partial charge in [0.05, 0.1) is 10.2 Å². The molecule has 0 amide bonds. The van der Waals surface area contributed by atoms with Crippen molar-refractivity contribution in [1.82, 2.24) is 9.78 Å². The van der Waals surface area contributed by atoms with E-state index in [9.17, 15) is 0 Å². The molecular weight excluding hydrogens is 192 g/mol. The lowest BCUT2D eigenvalue weighted by atomic mass is 10.2. The van der Waals surface area contributed by atoms with Gasteiger partial charge in [0.1, 0.15) is 6.20 Å². The van der Waals surface area contributed by atoms with E-state index in [1.165, 1.54) is 5.69 Å². The predicted molar refractivity (Wildman–Crippen MR) is 43.7 cm³/mol. The summed E-state index contributed by atoms with van der Waals surface area (Å²) in [5.41, 5.74) is 1.22. The molecular formula is C7H10BrN2. The standard InChI is InChI=1S/C7H10BrN2/c1-3-4-7-6(8)5-9-10(7)2/h3-4H2,1-2H3. The van der Waals surface area contributed by atoms with Crippen molar-refractivity contribution in [1.29, 1.82) is 0 Å². The van der Waals surface area contributed by atoms with Gasteiger partial charge in [-0.05, 0) is 22.4 Å². The summed E-state index contributed by atoms with van der Waals surface area (Å²) >= 11 is 3.38. The molecule has 0 atom stereocenters. The Labute approximate surface area is 69.4 Å². The molecule has 0 fully saturated rings. The van der Waals surface area contributed by atoms with E-state index in [0.717, 1.165) is 17.3 Å². The summed E-state index contributed by atoms with van der Waals surface area (Å²) in [7, 11) is 1.94. The van der Waals surface area contributed by atoms with Crippen molar-refractivity contribution in [3.05, 3.63) is 16.4 Å². The van der Waals surface area contributed by atoms with Crippen molar-refractivity contribution < 1.29 is 0 Å². The molecule has 0 saturated carbocycles. The second-order valence-corrected chi connectivity index (χ2v) is 3.04. The Morgan fingerprint density at radius 2 is 2.40 bits per heavy atom. The number of hydrogen-bond acceptors (Lipinski definition) is 1. The van der Waals surface area contributed by atoms with Crippen LogP contribution >= 0.6 is 15.9 Å². The van der Waals surface area contributed by atoms with Crippen LogP contribution in [0.3, 0.4) is 0 Å². The van der Waals surface area contributed by atoms with Gasteiger partial charge in [-0.25, -0.2) is 0 Å². The smallest absolute Gasteiger partial charge is 0.128 e. The highest BCUT2D eigenvalue weighted by Gasteiger charge is 2.03. The summed E-state index contributed by atoms with van der Waals surface area (Å²) in [4.78, 5) is 0. The van der Waals surface area contributed by atoms with Crippen LogP contribution in [0.5, 0.6) is 0 Å². The third kappa shape index (κ3) is 1.40. The van der Waals surface area contributed by atoms with Crippen molar-refractivity contribution in [2.24, 2.45) is 7.05 Å². The Morgan fingerprint density at radius 3 is 2.80 bits per heavy atom. The number of nitrogens with zero attached hydrogens (tertiary/aromatic N) is 2. The molecule has 1 aromatic heterocycles. The summed E-state index contributed by atoms with van der Waals surface area (Å²) < 4.78 is 2.85. The van der Waals surface area contributed by atoms with Gasteiger partial charge in [0.2, 0.25) is 0 Å². The molecule has 0 N–H and O–H groups in total. The van der Waals surface area contributed by atoms with Gasteiger partial charge in [0.15, 0.2) is 0 Å². The quantitative estimate of drug-likeness (QED) is 0.716. The number of halogens is 1. The third-order valence-corrected chi connectivity index (χ3v) is 2.06. The maximum absolute atomic E-state index is 3.98. The highest BCUT2D eigenvalue weighted by Crippen LogP contribution is 2.15. The monoisotopic (exact) mass is 201 g/mol. The molecule has 0 aliphatic carbocycles. The minimum absolute atomic E-state index is 0.997. The molecule has 3 heteroatoms. The summed E-state index contributed by atoms with van der Waals surface area (Å²) in [6, 6.07) is 0. The van der Waals surface area contributed by atoms with Gasteiger partial charge in [0.25, 0.3) is 0 Å². The first-order valence-electron chi connectivity index (χ1n) is 3.34. The molecule has 0 bridgehead atoms. The van der Waals surface area contributed by atoms with Crippen LogP contribution in [0.25, 0.3) is 0 Å². The Morgan fingerprint density at radius 1 is 1.70 bits per heavy atom. The van der Waals surface area contributed by atoms with Crippen LogP contribution in [0.15, 0.2) is 4.47 Å². The number of rotatable bonds is 2. The lowest BCUT2D eigenvalue weighted by Gasteiger charge is -1.98. The number of hydrogen-bond donors (Lipinski definition) is 0. The van der Waals surface area contributed by atoms with E-state index >= 15 is 0 Å². The minimum Gasteiger partial charge on any atom is -0.271 e. The van der Waals surface area contributed by atoms with Gasteiger partial charge in [0, 0.05) is 7.05 Å². The first-order chi connectivity index (χ1) is 4.75. The zero-order valence-corrected chi connectivity index (χ0v) is 7.77. The van der Waals surface area contributed by atoms with Gasteiger partial charge in [-0.15, -0.1) is 0 Å². The first-order valence-corrected chi connectivity index (χ1v) is 4.14. The zero-order chi connectivity index (χ0) is 7.56. The average Bonchev–Trinajstić information content (AvgIpc) is 2.20. The Hall–Kier alpha value is -0.310. The van der Waals surface area contributed by atoms with Crippen LogP contribution in [0.4, 0.5) is 0 Å². The lowest BCUT2D eigenvalue weighted by Crippen LogP contribution is -1.97. The molecule has 1 rings (SSSR count). The summed E-state index contributed by atoms with van der Waals surface area (Å²) in [5.74, 6) is 0. The molecule has 0 aliphatic rings. The molecule has 1 heterocycles. The average molecular weight is 202 g/mol. The zero-order valence-electron chi connectivity index (χ0n) is 6.19. The van der Waals surface area contributed by atoms with E-state index in [0.29, 0.717) is 0 Å². The molecule has 0 unspecified atom stereocenters.